The number of urea groups is 1. The number of benzene rings is 2. The zero-order valence-electron chi connectivity index (χ0n) is 14.5. The average molecular weight is 324 g/mol. The summed E-state index contributed by atoms with van der Waals surface area (Å²) in [4.78, 5) is 14.7. The van der Waals surface area contributed by atoms with Crippen LogP contribution in [0.15, 0.2) is 42.5 Å². The van der Waals surface area contributed by atoms with Crippen molar-refractivity contribution in [1.29, 1.82) is 0 Å². The van der Waals surface area contributed by atoms with Gasteiger partial charge in [-0.15, -0.1) is 0 Å². The van der Waals surface area contributed by atoms with E-state index in [0.29, 0.717) is 0 Å². The number of nitrogens with one attached hydrogen (secondary N) is 1. The number of carbonyl (C=O) groups is 1. The fraction of sp³-hybridized carbons (Fsp3) is 0.350. The summed E-state index contributed by atoms with van der Waals surface area (Å²) in [6.07, 6.45) is 2.02. The van der Waals surface area contributed by atoms with Gasteiger partial charge in [0.05, 0.1) is 13.2 Å². The number of hydrogen-bond donors (Lipinski definition) is 1. The van der Waals surface area contributed by atoms with Crippen molar-refractivity contribution in [2.45, 2.75) is 32.7 Å². The number of likely N-dealkylation sites (tertiary alicyclic amines) is 1. The van der Waals surface area contributed by atoms with E-state index in [1.54, 1.807) is 7.11 Å². The second kappa shape index (κ2) is 6.95. The van der Waals surface area contributed by atoms with Gasteiger partial charge in [-0.1, -0.05) is 18.2 Å². The number of nitrogens with zero attached hydrogens (tertiary/aromatic N) is 1. The van der Waals surface area contributed by atoms with Gasteiger partial charge in [0.2, 0.25) is 0 Å². The van der Waals surface area contributed by atoms with Crippen LogP contribution in [0.1, 0.15) is 35.6 Å². The third-order valence-corrected chi connectivity index (χ3v) is 4.49. The molecule has 0 aliphatic carbocycles. The Morgan fingerprint density at radius 2 is 1.79 bits per heavy atom. The Kier molecular flexibility index (Phi) is 4.74. The van der Waals surface area contributed by atoms with E-state index in [9.17, 15) is 4.79 Å². The van der Waals surface area contributed by atoms with Crippen LogP contribution >= 0.6 is 0 Å². The molecule has 24 heavy (non-hydrogen) atoms. The molecular weight excluding hydrogens is 300 g/mol. The van der Waals surface area contributed by atoms with Crippen LogP contribution in [0.5, 0.6) is 5.75 Å². The monoisotopic (exact) mass is 324 g/mol. The van der Waals surface area contributed by atoms with Gasteiger partial charge in [0.15, 0.2) is 0 Å². The number of aryl methyl sites for hydroxylation is 2. The van der Waals surface area contributed by atoms with Crippen LogP contribution in [0, 0.1) is 13.8 Å². The van der Waals surface area contributed by atoms with Crippen molar-refractivity contribution >= 4 is 11.7 Å². The molecular formula is C20H24N2O2. The molecule has 2 aromatic carbocycles. The number of ether oxygens (including phenoxy) is 1. The molecule has 4 heteroatoms. The van der Waals surface area contributed by atoms with Crippen molar-refractivity contribution < 1.29 is 9.53 Å². The molecule has 0 radical (unpaired) electrons. The highest BCUT2D eigenvalue weighted by Gasteiger charge is 2.30. The topological polar surface area (TPSA) is 41.6 Å². The second-order valence-corrected chi connectivity index (χ2v) is 6.43. The summed E-state index contributed by atoms with van der Waals surface area (Å²) in [6, 6.07) is 14.2. The van der Waals surface area contributed by atoms with Crippen molar-refractivity contribution in [3.05, 3.63) is 59.2 Å². The molecule has 0 unspecified atom stereocenters. The average Bonchev–Trinajstić information content (AvgIpc) is 3.03. The molecule has 0 bridgehead atoms. The summed E-state index contributed by atoms with van der Waals surface area (Å²) in [5.74, 6) is 0.836. The zero-order chi connectivity index (χ0) is 17.1. The van der Waals surface area contributed by atoms with Crippen LogP contribution in [0.3, 0.4) is 0 Å². The first-order valence-corrected chi connectivity index (χ1v) is 8.36. The van der Waals surface area contributed by atoms with Crippen LogP contribution in [0.25, 0.3) is 0 Å². The van der Waals surface area contributed by atoms with Crippen LogP contribution < -0.4 is 10.1 Å². The molecule has 1 atom stereocenters. The molecule has 0 aromatic heterocycles. The highest BCUT2D eigenvalue weighted by Crippen LogP contribution is 2.33. The molecule has 126 valence electrons. The SMILES string of the molecule is COc1ccc([C@@H]2CCCN2C(=O)Nc2cc(C)cc(C)c2)cc1. The molecule has 3 rings (SSSR count). The maximum atomic E-state index is 12.7. The van der Waals surface area contributed by atoms with Crippen molar-refractivity contribution in [2.75, 3.05) is 19.0 Å². The van der Waals surface area contributed by atoms with Gasteiger partial charge in [0, 0.05) is 12.2 Å². The van der Waals surface area contributed by atoms with E-state index in [4.69, 9.17) is 4.74 Å². The maximum Gasteiger partial charge on any atom is 0.322 e. The van der Waals surface area contributed by atoms with Crippen LogP contribution in [-0.2, 0) is 0 Å². The van der Waals surface area contributed by atoms with Crippen molar-refractivity contribution in [3.63, 3.8) is 0 Å². The van der Waals surface area contributed by atoms with Crippen LogP contribution in [0.2, 0.25) is 0 Å². The van der Waals surface area contributed by atoms with E-state index in [1.165, 1.54) is 0 Å². The lowest BCUT2D eigenvalue weighted by atomic mass is 10.0. The predicted octanol–water partition coefficient (Wildman–Crippen LogP) is 4.68. The molecule has 1 aliphatic heterocycles. The lowest BCUT2D eigenvalue weighted by molar-refractivity contribution is 0.207. The Morgan fingerprint density at radius 3 is 2.42 bits per heavy atom. The maximum absolute atomic E-state index is 12.7. The summed E-state index contributed by atoms with van der Waals surface area (Å²) < 4.78 is 5.21. The summed E-state index contributed by atoms with van der Waals surface area (Å²) in [5, 5.41) is 3.05. The Morgan fingerprint density at radius 1 is 1.12 bits per heavy atom. The van der Waals surface area contributed by atoms with E-state index in [-0.39, 0.29) is 12.1 Å². The fourth-order valence-electron chi connectivity index (χ4n) is 3.42. The minimum absolute atomic E-state index is 0.0293. The van der Waals surface area contributed by atoms with E-state index >= 15 is 0 Å². The first kappa shape index (κ1) is 16.4. The standard InChI is InChI=1S/C20H24N2O2/c1-14-11-15(2)13-17(12-14)21-20(23)22-10-4-5-19(22)16-6-8-18(24-3)9-7-16/h6-9,11-13,19H,4-5,10H2,1-3H3,(H,21,23)/t19-/m0/s1. The number of anilines is 1. The Labute approximate surface area is 143 Å². The van der Waals surface area contributed by atoms with Crippen LogP contribution in [-0.4, -0.2) is 24.6 Å². The quantitative estimate of drug-likeness (QED) is 0.890. The van der Waals surface area contributed by atoms with Gasteiger partial charge in [-0.05, 0) is 67.6 Å². The molecule has 2 amide bonds. The molecule has 1 aliphatic rings. The Balaban J connectivity index is 1.75. The van der Waals surface area contributed by atoms with E-state index in [2.05, 4.69) is 11.4 Å². The molecule has 1 N–H and O–H groups in total. The third kappa shape index (κ3) is 3.53. The molecule has 1 fully saturated rings. The smallest absolute Gasteiger partial charge is 0.322 e. The van der Waals surface area contributed by atoms with Crippen LogP contribution in [0.4, 0.5) is 10.5 Å². The van der Waals surface area contributed by atoms with E-state index in [1.807, 2.05) is 55.1 Å². The number of carbonyl (C=O) groups excluding carboxylic acids is 1. The fourth-order valence-corrected chi connectivity index (χ4v) is 3.42. The molecule has 0 saturated carbocycles. The summed E-state index contributed by atoms with van der Waals surface area (Å²) in [6.45, 7) is 4.87. The van der Waals surface area contributed by atoms with Gasteiger partial charge in [0.25, 0.3) is 0 Å². The number of rotatable bonds is 3. The first-order chi connectivity index (χ1) is 11.6. The van der Waals surface area contributed by atoms with E-state index in [0.717, 1.165) is 47.5 Å². The Hall–Kier alpha value is -2.49. The van der Waals surface area contributed by atoms with Crippen molar-refractivity contribution in [1.82, 2.24) is 4.90 Å². The summed E-state index contributed by atoms with van der Waals surface area (Å²) in [5.41, 5.74) is 4.32. The first-order valence-electron chi connectivity index (χ1n) is 8.36. The Bertz CT molecular complexity index is 705. The largest absolute Gasteiger partial charge is 0.497 e. The van der Waals surface area contributed by atoms with Gasteiger partial charge in [-0.25, -0.2) is 4.79 Å². The minimum atomic E-state index is -0.0293. The highest BCUT2D eigenvalue weighted by molar-refractivity contribution is 5.90. The molecule has 2 aromatic rings. The van der Waals surface area contributed by atoms with Crippen molar-refractivity contribution in [3.8, 4) is 5.75 Å². The van der Waals surface area contributed by atoms with Crippen molar-refractivity contribution in [2.24, 2.45) is 0 Å². The normalized spacial score (nSPS) is 17.0. The van der Waals surface area contributed by atoms with Gasteiger partial charge in [0.1, 0.15) is 5.75 Å². The number of amides is 2. The molecule has 1 heterocycles. The number of hydrogen-bond acceptors (Lipinski definition) is 2. The predicted molar refractivity (Wildman–Crippen MR) is 96.6 cm³/mol. The van der Waals surface area contributed by atoms with Gasteiger partial charge < -0.3 is 15.0 Å². The minimum Gasteiger partial charge on any atom is -0.497 e. The van der Waals surface area contributed by atoms with Gasteiger partial charge >= 0.3 is 6.03 Å². The second-order valence-electron chi connectivity index (χ2n) is 6.43. The van der Waals surface area contributed by atoms with E-state index < -0.39 is 0 Å². The number of methoxy groups -OCH3 is 1. The lowest BCUT2D eigenvalue weighted by Crippen LogP contribution is -2.34. The molecule has 0 spiro atoms. The van der Waals surface area contributed by atoms with Gasteiger partial charge in [-0.3, -0.25) is 0 Å². The van der Waals surface area contributed by atoms with Gasteiger partial charge in [-0.2, -0.15) is 0 Å². The molecule has 4 nitrogen and oxygen atoms in total. The molecule has 1 saturated heterocycles. The summed E-state index contributed by atoms with van der Waals surface area (Å²) in [7, 11) is 1.66. The lowest BCUT2D eigenvalue weighted by Gasteiger charge is -2.25. The highest BCUT2D eigenvalue weighted by atomic mass is 16.5. The zero-order valence-corrected chi connectivity index (χ0v) is 14.5. The summed E-state index contributed by atoms with van der Waals surface area (Å²) >= 11 is 0. The third-order valence-electron chi connectivity index (χ3n) is 4.49.